The number of esters is 1. The molecule has 1 aromatic carbocycles. The summed E-state index contributed by atoms with van der Waals surface area (Å²) in [5.41, 5.74) is -0.657. The largest absolute Gasteiger partial charge is 0.451 e. The van der Waals surface area contributed by atoms with Crippen molar-refractivity contribution in [3.63, 3.8) is 0 Å². The van der Waals surface area contributed by atoms with Crippen molar-refractivity contribution < 1.29 is 19.4 Å². The molecule has 2 atom stereocenters. The summed E-state index contributed by atoms with van der Waals surface area (Å²) >= 11 is 0. The number of cyclic esters (lactones) is 1. The van der Waals surface area contributed by atoms with Gasteiger partial charge >= 0.3 is 5.97 Å². The molecule has 0 fully saturated rings. The lowest BCUT2D eigenvalue weighted by Gasteiger charge is -2.27. The number of benzene rings is 1. The molecule has 0 saturated heterocycles. The molecule has 0 spiro atoms. The predicted octanol–water partition coefficient (Wildman–Crippen LogP) is 1.11. The fourth-order valence-electron chi connectivity index (χ4n) is 2.78. The van der Waals surface area contributed by atoms with Crippen LogP contribution in [0.25, 0.3) is 0 Å². The number of hydrogen-bond donors (Lipinski definition) is 1. The number of amides is 1. The average molecular weight is 273 g/mol. The topological polar surface area (TPSA) is 66.8 Å². The fourth-order valence-corrected chi connectivity index (χ4v) is 2.78. The summed E-state index contributed by atoms with van der Waals surface area (Å²) in [5.74, 6) is -0.979. The number of carbonyl (C=O) groups excluding carboxylic acids is 2. The summed E-state index contributed by atoms with van der Waals surface area (Å²) < 4.78 is 5.05. The number of carbonyl (C=O) groups is 2. The minimum absolute atomic E-state index is 0.440. The van der Waals surface area contributed by atoms with Crippen LogP contribution in [0.1, 0.15) is 18.9 Å². The molecule has 1 aromatic rings. The van der Waals surface area contributed by atoms with Crippen LogP contribution >= 0.6 is 0 Å². The zero-order chi connectivity index (χ0) is 14.3. The molecular weight excluding hydrogens is 258 g/mol. The molecule has 104 valence electrons. The van der Waals surface area contributed by atoms with Crippen LogP contribution in [0.2, 0.25) is 0 Å². The second-order valence-corrected chi connectivity index (χ2v) is 4.96. The van der Waals surface area contributed by atoms with Gasteiger partial charge in [-0.2, -0.15) is 0 Å². The van der Waals surface area contributed by atoms with Gasteiger partial charge in [-0.15, -0.1) is 0 Å². The molecule has 2 aliphatic heterocycles. The molecule has 1 amide bonds. The van der Waals surface area contributed by atoms with Crippen molar-refractivity contribution in [1.82, 2.24) is 0 Å². The van der Waals surface area contributed by atoms with Crippen molar-refractivity contribution in [3.8, 4) is 0 Å². The van der Waals surface area contributed by atoms with Crippen LogP contribution in [0.5, 0.6) is 0 Å². The predicted molar refractivity (Wildman–Crippen MR) is 72.0 cm³/mol. The second-order valence-electron chi connectivity index (χ2n) is 4.96. The lowest BCUT2D eigenvalue weighted by molar-refractivity contribution is -0.159. The van der Waals surface area contributed by atoms with E-state index in [-0.39, 0.29) is 0 Å². The second kappa shape index (κ2) is 4.45. The molecule has 5 nitrogen and oxygen atoms in total. The molecule has 3 rings (SSSR count). The van der Waals surface area contributed by atoms with Crippen LogP contribution in [-0.2, 0) is 19.9 Å². The van der Waals surface area contributed by atoms with Crippen LogP contribution < -0.4 is 4.90 Å². The number of anilines is 1. The van der Waals surface area contributed by atoms with E-state index in [1.54, 1.807) is 23.1 Å². The van der Waals surface area contributed by atoms with Gasteiger partial charge in [-0.25, -0.2) is 4.79 Å². The van der Waals surface area contributed by atoms with Gasteiger partial charge < -0.3 is 14.7 Å². The summed E-state index contributed by atoms with van der Waals surface area (Å²) in [4.78, 5) is 25.4. The first-order valence-electron chi connectivity index (χ1n) is 6.61. The highest BCUT2D eigenvalue weighted by atomic mass is 16.6. The first-order valence-corrected chi connectivity index (χ1v) is 6.61. The van der Waals surface area contributed by atoms with Gasteiger partial charge in [0, 0.05) is 18.2 Å². The lowest BCUT2D eigenvalue weighted by Crippen LogP contribution is -2.48. The Bertz CT molecular complexity index is 610. The van der Waals surface area contributed by atoms with E-state index >= 15 is 0 Å². The van der Waals surface area contributed by atoms with Gasteiger partial charge in [0.15, 0.2) is 6.10 Å². The summed E-state index contributed by atoms with van der Waals surface area (Å²) in [6, 6.07) is 7.06. The van der Waals surface area contributed by atoms with E-state index in [1.807, 2.05) is 13.0 Å². The Morgan fingerprint density at radius 3 is 2.75 bits per heavy atom. The average Bonchev–Trinajstić information content (AvgIpc) is 2.97. The Labute approximate surface area is 116 Å². The van der Waals surface area contributed by atoms with E-state index in [9.17, 15) is 14.7 Å². The summed E-state index contributed by atoms with van der Waals surface area (Å²) in [7, 11) is 0. The Balaban J connectivity index is 2.10. The van der Waals surface area contributed by atoms with E-state index in [0.717, 1.165) is 6.42 Å². The zero-order valence-electron chi connectivity index (χ0n) is 11.1. The van der Waals surface area contributed by atoms with Crippen molar-refractivity contribution in [2.24, 2.45) is 0 Å². The third kappa shape index (κ3) is 1.59. The van der Waals surface area contributed by atoms with Crippen molar-refractivity contribution in [2.45, 2.75) is 25.0 Å². The minimum atomic E-state index is -1.82. The van der Waals surface area contributed by atoms with E-state index in [2.05, 4.69) is 0 Å². The highest BCUT2D eigenvalue weighted by molar-refractivity contribution is 6.08. The van der Waals surface area contributed by atoms with Crippen molar-refractivity contribution in [2.75, 3.05) is 11.4 Å². The lowest BCUT2D eigenvalue weighted by atomic mass is 9.89. The van der Waals surface area contributed by atoms with Gasteiger partial charge in [-0.1, -0.05) is 25.1 Å². The molecule has 2 unspecified atom stereocenters. The number of rotatable bonds is 3. The van der Waals surface area contributed by atoms with Crippen LogP contribution in [0.4, 0.5) is 5.69 Å². The zero-order valence-corrected chi connectivity index (χ0v) is 11.1. The van der Waals surface area contributed by atoms with Gasteiger partial charge in [-0.05, 0) is 18.6 Å². The van der Waals surface area contributed by atoms with E-state index in [0.29, 0.717) is 17.8 Å². The molecular formula is C15H15NO4. The number of aliphatic hydroxyl groups is 1. The van der Waals surface area contributed by atoms with E-state index in [1.165, 1.54) is 12.2 Å². The van der Waals surface area contributed by atoms with Crippen LogP contribution in [0.3, 0.4) is 0 Å². The molecule has 0 aromatic heterocycles. The van der Waals surface area contributed by atoms with Crippen LogP contribution in [-0.4, -0.2) is 29.6 Å². The molecule has 2 aliphatic rings. The van der Waals surface area contributed by atoms with Gasteiger partial charge in [0.25, 0.3) is 5.91 Å². The maximum absolute atomic E-state index is 12.6. The normalized spacial score (nSPS) is 27.9. The van der Waals surface area contributed by atoms with Crippen molar-refractivity contribution in [1.29, 1.82) is 0 Å². The van der Waals surface area contributed by atoms with Gasteiger partial charge in [-0.3, -0.25) is 4.79 Å². The third-order valence-electron chi connectivity index (χ3n) is 3.69. The number of fused-ring (bicyclic) bond motifs is 1. The third-order valence-corrected chi connectivity index (χ3v) is 3.69. The maximum atomic E-state index is 12.6. The Morgan fingerprint density at radius 2 is 2.10 bits per heavy atom. The summed E-state index contributed by atoms with van der Waals surface area (Å²) in [6.07, 6.45) is 2.48. The standard InChI is InChI=1S/C15H15NO4/c1-2-9-16-11-6-4-3-5-10(11)15(19,14(16)18)12-7-8-13(17)20-12/h3-8,12,19H,2,9H2,1H3. The van der Waals surface area contributed by atoms with E-state index in [4.69, 9.17) is 4.74 Å². The number of nitrogens with zero attached hydrogens (tertiary/aromatic N) is 1. The fraction of sp³-hybridized carbons (Fsp3) is 0.333. The number of ether oxygens (including phenoxy) is 1. The van der Waals surface area contributed by atoms with Crippen molar-refractivity contribution in [3.05, 3.63) is 42.0 Å². The van der Waals surface area contributed by atoms with Gasteiger partial charge in [0.1, 0.15) is 0 Å². The van der Waals surface area contributed by atoms with E-state index < -0.39 is 23.6 Å². The summed E-state index contributed by atoms with van der Waals surface area (Å²) in [5, 5.41) is 10.9. The summed E-state index contributed by atoms with van der Waals surface area (Å²) in [6.45, 7) is 2.48. The molecule has 2 heterocycles. The number of para-hydroxylation sites is 1. The van der Waals surface area contributed by atoms with Gasteiger partial charge in [0.2, 0.25) is 5.60 Å². The quantitative estimate of drug-likeness (QED) is 0.838. The van der Waals surface area contributed by atoms with Crippen LogP contribution in [0.15, 0.2) is 36.4 Å². The molecule has 20 heavy (non-hydrogen) atoms. The molecule has 0 bridgehead atoms. The maximum Gasteiger partial charge on any atom is 0.331 e. The Hall–Kier alpha value is -2.14. The number of hydrogen-bond acceptors (Lipinski definition) is 4. The van der Waals surface area contributed by atoms with Crippen LogP contribution in [0, 0.1) is 0 Å². The molecule has 0 radical (unpaired) electrons. The highest BCUT2D eigenvalue weighted by Gasteiger charge is 2.56. The first kappa shape index (κ1) is 12.9. The minimum Gasteiger partial charge on any atom is -0.451 e. The monoisotopic (exact) mass is 273 g/mol. The molecule has 5 heteroatoms. The van der Waals surface area contributed by atoms with Crippen molar-refractivity contribution >= 4 is 17.6 Å². The highest BCUT2D eigenvalue weighted by Crippen LogP contribution is 2.44. The smallest absolute Gasteiger partial charge is 0.331 e. The van der Waals surface area contributed by atoms with Gasteiger partial charge in [0.05, 0.1) is 5.69 Å². The molecule has 0 saturated carbocycles. The SMILES string of the molecule is CCCN1C(=O)C(O)(C2C=CC(=O)O2)c2ccccc21. The molecule has 0 aliphatic carbocycles. The Kier molecular flexibility index (Phi) is 2.87. The first-order chi connectivity index (χ1) is 9.59. The Morgan fingerprint density at radius 1 is 1.35 bits per heavy atom. The molecule has 1 N–H and O–H groups in total.